The van der Waals surface area contributed by atoms with Gasteiger partial charge in [-0.15, -0.1) is 0 Å². The van der Waals surface area contributed by atoms with Crippen molar-refractivity contribution in [2.24, 2.45) is 5.41 Å². The van der Waals surface area contributed by atoms with E-state index < -0.39 is 12.1 Å². The van der Waals surface area contributed by atoms with Gasteiger partial charge in [-0.2, -0.15) is 0 Å². The predicted octanol–water partition coefficient (Wildman–Crippen LogP) is 4.84. The number of nitrogens with one attached hydrogen (secondary N) is 2. The second-order valence-corrected chi connectivity index (χ2v) is 10.9. The number of Topliss-reactive ketones (excluding diaryl/α,β-unsaturated/α-hetero) is 1. The number of methoxy groups -OCH3 is 1. The third kappa shape index (κ3) is 9.55. The minimum atomic E-state index is -0.913. The van der Waals surface area contributed by atoms with Gasteiger partial charge in [0.25, 0.3) is 0 Å². The molecule has 39 heavy (non-hydrogen) atoms. The molecule has 1 heterocycles. The fourth-order valence-electron chi connectivity index (χ4n) is 4.36. The Kier molecular flexibility index (Phi) is 11.6. The standard InChI is InChI=1S/C31H44N2O6/c1-5-31(2,3)21-32-20-25(30(36)23-13-16-27-28(19-23)39-18-17-38-27)33-29(35)10-8-6-7-9-26(34)22-11-14-24(37-4)15-12-22/h11-16,19,25,30,32,36H,5-10,17-18,20-21H2,1-4H3,(H,33,35). The summed E-state index contributed by atoms with van der Waals surface area (Å²) in [6, 6.07) is 12.0. The third-order valence-electron chi connectivity index (χ3n) is 7.28. The van der Waals surface area contributed by atoms with E-state index in [9.17, 15) is 14.7 Å². The van der Waals surface area contributed by atoms with Crippen LogP contribution in [0.25, 0.3) is 0 Å². The van der Waals surface area contributed by atoms with Crippen molar-refractivity contribution in [3.8, 4) is 17.2 Å². The molecule has 0 bridgehead atoms. The Bertz CT molecular complexity index is 1070. The topological polar surface area (TPSA) is 106 Å². The lowest BCUT2D eigenvalue weighted by Crippen LogP contribution is -2.47. The van der Waals surface area contributed by atoms with Crippen molar-refractivity contribution in [2.75, 3.05) is 33.4 Å². The first-order chi connectivity index (χ1) is 18.7. The van der Waals surface area contributed by atoms with E-state index in [4.69, 9.17) is 14.2 Å². The molecule has 0 aromatic heterocycles. The fourth-order valence-corrected chi connectivity index (χ4v) is 4.36. The number of carbonyl (C=O) groups excluding carboxylic acids is 2. The van der Waals surface area contributed by atoms with Gasteiger partial charge in [-0.25, -0.2) is 0 Å². The normalized spacial score (nSPS) is 14.4. The molecule has 0 saturated carbocycles. The van der Waals surface area contributed by atoms with E-state index in [2.05, 4.69) is 31.4 Å². The van der Waals surface area contributed by atoms with Crippen molar-refractivity contribution in [2.45, 2.75) is 71.4 Å². The van der Waals surface area contributed by atoms with E-state index in [1.54, 1.807) is 43.5 Å². The summed E-state index contributed by atoms with van der Waals surface area (Å²) in [5, 5.41) is 17.7. The number of aliphatic hydroxyl groups excluding tert-OH is 1. The summed E-state index contributed by atoms with van der Waals surface area (Å²) in [4.78, 5) is 25.3. The van der Waals surface area contributed by atoms with Gasteiger partial charge in [0.05, 0.1) is 13.2 Å². The van der Waals surface area contributed by atoms with Crippen LogP contribution in [0.5, 0.6) is 17.2 Å². The molecule has 2 unspecified atom stereocenters. The monoisotopic (exact) mass is 540 g/mol. The van der Waals surface area contributed by atoms with Crippen LogP contribution < -0.4 is 24.8 Å². The molecule has 214 valence electrons. The van der Waals surface area contributed by atoms with E-state index >= 15 is 0 Å². The Balaban J connectivity index is 1.50. The highest BCUT2D eigenvalue weighted by Crippen LogP contribution is 2.33. The van der Waals surface area contributed by atoms with Gasteiger partial charge in [-0.3, -0.25) is 9.59 Å². The summed E-state index contributed by atoms with van der Waals surface area (Å²) in [7, 11) is 1.60. The number of aliphatic hydroxyl groups is 1. The molecule has 1 amide bonds. The largest absolute Gasteiger partial charge is 0.497 e. The second-order valence-electron chi connectivity index (χ2n) is 10.9. The first kappa shape index (κ1) is 30.4. The molecular weight excluding hydrogens is 496 g/mol. The van der Waals surface area contributed by atoms with Crippen molar-refractivity contribution >= 4 is 11.7 Å². The van der Waals surface area contributed by atoms with Crippen molar-refractivity contribution in [3.05, 3.63) is 53.6 Å². The summed E-state index contributed by atoms with van der Waals surface area (Å²) in [6.45, 7) is 8.68. The number of ketones is 1. The minimum absolute atomic E-state index is 0.0887. The molecule has 0 saturated heterocycles. The fraction of sp³-hybridized carbons (Fsp3) is 0.548. The minimum Gasteiger partial charge on any atom is -0.497 e. The number of fused-ring (bicyclic) bond motifs is 1. The highest BCUT2D eigenvalue weighted by molar-refractivity contribution is 5.96. The number of unbranched alkanes of at least 4 members (excludes halogenated alkanes) is 2. The lowest BCUT2D eigenvalue weighted by Gasteiger charge is -2.29. The van der Waals surface area contributed by atoms with E-state index in [1.807, 2.05) is 6.07 Å². The molecule has 2 atom stereocenters. The molecule has 1 aliphatic heterocycles. The van der Waals surface area contributed by atoms with E-state index in [0.717, 1.165) is 31.6 Å². The average molecular weight is 541 g/mol. The highest BCUT2D eigenvalue weighted by Gasteiger charge is 2.25. The van der Waals surface area contributed by atoms with Crippen molar-refractivity contribution in [1.29, 1.82) is 0 Å². The summed E-state index contributed by atoms with van der Waals surface area (Å²) in [5.74, 6) is 1.96. The summed E-state index contributed by atoms with van der Waals surface area (Å²) >= 11 is 0. The molecule has 0 spiro atoms. The zero-order valence-corrected chi connectivity index (χ0v) is 23.8. The lowest BCUT2D eigenvalue weighted by atomic mass is 9.90. The van der Waals surface area contributed by atoms with Crippen LogP contribution in [-0.2, 0) is 4.79 Å². The van der Waals surface area contributed by atoms with Crippen molar-refractivity contribution in [3.63, 3.8) is 0 Å². The predicted molar refractivity (Wildman–Crippen MR) is 152 cm³/mol. The lowest BCUT2D eigenvalue weighted by molar-refractivity contribution is -0.122. The van der Waals surface area contributed by atoms with Gasteiger partial charge >= 0.3 is 0 Å². The number of benzene rings is 2. The van der Waals surface area contributed by atoms with Crippen LogP contribution in [-0.4, -0.2) is 56.3 Å². The maximum atomic E-state index is 12.8. The van der Waals surface area contributed by atoms with Gasteiger partial charge < -0.3 is 30.0 Å². The molecule has 0 aliphatic carbocycles. The molecule has 1 aliphatic rings. The number of amides is 1. The number of hydrogen-bond acceptors (Lipinski definition) is 7. The smallest absolute Gasteiger partial charge is 0.220 e. The molecule has 8 nitrogen and oxygen atoms in total. The van der Waals surface area contributed by atoms with Gasteiger partial charge in [0.2, 0.25) is 5.91 Å². The first-order valence-electron chi connectivity index (χ1n) is 14.0. The van der Waals surface area contributed by atoms with Gasteiger partial charge in [0.1, 0.15) is 25.1 Å². The number of rotatable bonds is 16. The van der Waals surface area contributed by atoms with Crippen LogP contribution in [0.4, 0.5) is 0 Å². The van der Waals surface area contributed by atoms with Crippen LogP contribution in [0.2, 0.25) is 0 Å². The van der Waals surface area contributed by atoms with Crippen LogP contribution in [0, 0.1) is 5.41 Å². The van der Waals surface area contributed by atoms with Crippen LogP contribution in [0.1, 0.15) is 81.3 Å². The highest BCUT2D eigenvalue weighted by atomic mass is 16.6. The Hall–Kier alpha value is -3.10. The molecular formula is C31H44N2O6. The summed E-state index contributed by atoms with van der Waals surface area (Å²) in [5.41, 5.74) is 1.45. The average Bonchev–Trinajstić information content (AvgIpc) is 2.95. The molecule has 2 aromatic carbocycles. The Morgan fingerprint density at radius 2 is 1.69 bits per heavy atom. The SMILES string of the molecule is CCC(C)(C)CNCC(NC(=O)CCCCCC(=O)c1ccc(OC)cc1)C(O)c1ccc2c(c1)OCCO2. The van der Waals surface area contributed by atoms with Crippen LogP contribution in [0.15, 0.2) is 42.5 Å². The quantitative estimate of drug-likeness (QED) is 0.207. The van der Waals surface area contributed by atoms with Gasteiger partial charge in [-0.1, -0.05) is 33.3 Å². The maximum absolute atomic E-state index is 12.8. The molecule has 0 fully saturated rings. The molecule has 0 radical (unpaired) electrons. The van der Waals surface area contributed by atoms with Crippen LogP contribution >= 0.6 is 0 Å². The van der Waals surface area contributed by atoms with Gasteiger partial charge in [0.15, 0.2) is 17.3 Å². The number of hydrogen-bond donors (Lipinski definition) is 3. The molecule has 3 rings (SSSR count). The number of carbonyl (C=O) groups is 2. The van der Waals surface area contributed by atoms with Crippen molar-refractivity contribution in [1.82, 2.24) is 10.6 Å². The third-order valence-corrected chi connectivity index (χ3v) is 7.28. The van der Waals surface area contributed by atoms with E-state index in [-0.39, 0.29) is 17.1 Å². The first-order valence-corrected chi connectivity index (χ1v) is 14.0. The zero-order chi connectivity index (χ0) is 28.3. The molecule has 3 N–H and O–H groups in total. The Morgan fingerprint density at radius 3 is 2.38 bits per heavy atom. The Morgan fingerprint density at radius 1 is 1.00 bits per heavy atom. The zero-order valence-electron chi connectivity index (χ0n) is 23.8. The molecule has 8 heteroatoms. The number of ether oxygens (including phenoxy) is 3. The van der Waals surface area contributed by atoms with Crippen molar-refractivity contribution < 1.29 is 28.9 Å². The van der Waals surface area contributed by atoms with Gasteiger partial charge in [-0.05, 0) is 66.6 Å². The van der Waals surface area contributed by atoms with E-state index in [0.29, 0.717) is 61.6 Å². The van der Waals surface area contributed by atoms with Crippen LogP contribution in [0.3, 0.4) is 0 Å². The van der Waals surface area contributed by atoms with E-state index in [1.165, 1.54) is 0 Å². The van der Waals surface area contributed by atoms with Gasteiger partial charge in [0, 0.05) is 31.5 Å². The maximum Gasteiger partial charge on any atom is 0.220 e. The summed E-state index contributed by atoms with van der Waals surface area (Å²) < 4.78 is 16.4. The molecule has 2 aromatic rings. The Labute approximate surface area is 232 Å². The second kappa shape index (κ2) is 14.9. The summed E-state index contributed by atoms with van der Waals surface area (Å²) in [6.07, 6.45) is 3.04.